The first kappa shape index (κ1) is 25.7. The molecule has 9 nitrogen and oxygen atoms in total. The van der Waals surface area contributed by atoms with Gasteiger partial charge < -0.3 is 15.0 Å². The van der Waals surface area contributed by atoms with Crippen LogP contribution in [0, 0.1) is 5.82 Å². The Kier molecular flexibility index (Phi) is 7.75. The van der Waals surface area contributed by atoms with Crippen molar-refractivity contribution in [2.45, 2.75) is 6.42 Å². The minimum absolute atomic E-state index is 0.0712. The number of hydrazine groups is 1. The number of carbonyl (C=O) groups is 3. The number of anilines is 2. The number of rotatable bonds is 8. The molecule has 0 aliphatic carbocycles. The zero-order chi connectivity index (χ0) is 26.5. The summed E-state index contributed by atoms with van der Waals surface area (Å²) in [7, 11) is 4.99. The molecule has 2 heterocycles. The Bertz CT molecular complexity index is 1460. The Morgan fingerprint density at radius 2 is 1.76 bits per heavy atom. The van der Waals surface area contributed by atoms with Gasteiger partial charge in [0.25, 0.3) is 5.91 Å². The van der Waals surface area contributed by atoms with Crippen LogP contribution in [0.5, 0.6) is 11.5 Å². The molecule has 2 aromatic carbocycles. The van der Waals surface area contributed by atoms with Crippen molar-refractivity contribution in [2.75, 3.05) is 31.4 Å². The zero-order valence-corrected chi connectivity index (χ0v) is 21.1. The maximum absolute atomic E-state index is 14.8. The molecule has 11 heteroatoms. The number of aromatic nitrogens is 1. The molecule has 0 aliphatic rings. The number of hydrogen-bond acceptors (Lipinski definition) is 7. The van der Waals surface area contributed by atoms with E-state index in [4.69, 9.17) is 4.74 Å². The van der Waals surface area contributed by atoms with Gasteiger partial charge in [0, 0.05) is 50.8 Å². The Morgan fingerprint density at radius 1 is 1.00 bits per heavy atom. The molecule has 0 saturated carbocycles. The molecule has 0 bridgehead atoms. The number of hydrogen-bond donors (Lipinski definition) is 2. The van der Waals surface area contributed by atoms with Gasteiger partial charge in [-0.05, 0) is 30.3 Å². The van der Waals surface area contributed by atoms with Crippen LogP contribution in [0.3, 0.4) is 0 Å². The van der Waals surface area contributed by atoms with Crippen LogP contribution in [0.15, 0.2) is 66.9 Å². The lowest BCUT2D eigenvalue weighted by atomic mass is 10.2. The van der Waals surface area contributed by atoms with Crippen LogP contribution in [0.2, 0.25) is 0 Å². The van der Waals surface area contributed by atoms with E-state index in [1.54, 1.807) is 57.5 Å². The van der Waals surface area contributed by atoms with Gasteiger partial charge in [-0.1, -0.05) is 18.2 Å². The minimum atomic E-state index is -0.711. The normalized spacial score (nSPS) is 10.8. The number of benzene rings is 2. The molecular weight excluding hydrogens is 497 g/mol. The van der Waals surface area contributed by atoms with Gasteiger partial charge in [-0.2, -0.15) is 0 Å². The summed E-state index contributed by atoms with van der Waals surface area (Å²) in [4.78, 5) is 43.2. The van der Waals surface area contributed by atoms with E-state index in [9.17, 15) is 18.8 Å². The van der Waals surface area contributed by atoms with Gasteiger partial charge in [0.15, 0.2) is 11.6 Å². The van der Waals surface area contributed by atoms with Gasteiger partial charge in [-0.3, -0.25) is 24.8 Å². The van der Waals surface area contributed by atoms with E-state index >= 15 is 0 Å². The third-order valence-corrected chi connectivity index (χ3v) is 6.33. The highest BCUT2D eigenvalue weighted by molar-refractivity contribution is 7.21. The first-order valence-electron chi connectivity index (χ1n) is 11.2. The fourth-order valence-corrected chi connectivity index (χ4v) is 4.36. The molecule has 190 valence electrons. The van der Waals surface area contributed by atoms with Crippen LogP contribution in [-0.2, 0) is 9.59 Å². The summed E-state index contributed by atoms with van der Waals surface area (Å²) in [5.74, 6) is -1.71. The lowest BCUT2D eigenvalue weighted by molar-refractivity contribution is -0.125. The second-order valence-corrected chi connectivity index (χ2v) is 9.28. The van der Waals surface area contributed by atoms with Crippen molar-refractivity contribution in [1.29, 1.82) is 0 Å². The second-order valence-electron chi connectivity index (χ2n) is 8.23. The molecule has 0 atom stereocenters. The van der Waals surface area contributed by atoms with Crippen molar-refractivity contribution < 1.29 is 23.5 Å². The Balaban J connectivity index is 1.43. The molecule has 37 heavy (non-hydrogen) atoms. The Hall–Kier alpha value is -4.35. The van der Waals surface area contributed by atoms with Gasteiger partial charge >= 0.3 is 0 Å². The van der Waals surface area contributed by atoms with Gasteiger partial charge in [0.2, 0.25) is 11.8 Å². The number of nitrogens with zero attached hydrogens (tertiary/aromatic N) is 3. The summed E-state index contributed by atoms with van der Waals surface area (Å²) in [5, 5.41) is 4.07. The van der Waals surface area contributed by atoms with Crippen LogP contribution >= 0.6 is 11.3 Å². The predicted octanol–water partition coefficient (Wildman–Crippen LogP) is 4.43. The van der Waals surface area contributed by atoms with E-state index in [0.29, 0.717) is 26.5 Å². The fraction of sp³-hybridized carbons (Fsp3) is 0.154. The number of pyridine rings is 1. The van der Waals surface area contributed by atoms with Gasteiger partial charge in [-0.15, -0.1) is 11.3 Å². The van der Waals surface area contributed by atoms with Crippen LogP contribution < -0.4 is 20.4 Å². The van der Waals surface area contributed by atoms with E-state index in [2.05, 4.69) is 15.7 Å². The largest absolute Gasteiger partial charge is 0.453 e. The van der Waals surface area contributed by atoms with Crippen molar-refractivity contribution in [2.24, 2.45) is 0 Å². The number of carbonyl (C=O) groups excluding carboxylic acids is 3. The summed E-state index contributed by atoms with van der Waals surface area (Å²) in [6.45, 7) is 0. The summed E-state index contributed by atoms with van der Waals surface area (Å²) < 4.78 is 21.2. The number of amides is 3. The van der Waals surface area contributed by atoms with E-state index in [0.717, 1.165) is 6.07 Å². The molecule has 4 aromatic rings. The molecule has 2 N–H and O–H groups in total. The van der Waals surface area contributed by atoms with Crippen LogP contribution in [-0.4, -0.2) is 48.9 Å². The molecule has 3 amide bonds. The van der Waals surface area contributed by atoms with Crippen molar-refractivity contribution in [3.8, 4) is 11.5 Å². The monoisotopic (exact) mass is 521 g/mol. The maximum Gasteiger partial charge on any atom is 0.275 e. The van der Waals surface area contributed by atoms with Crippen molar-refractivity contribution in [3.63, 3.8) is 0 Å². The van der Waals surface area contributed by atoms with Crippen molar-refractivity contribution >= 4 is 50.6 Å². The standard InChI is InChI=1S/C26H24FN5O4S/c1-31(2)30-26(35)22-14-19-25(37-22)21(11-12-28-19)36-20-10-9-16(13-18(20)27)29-23(33)15-24(34)32(3)17-7-5-4-6-8-17/h4-14H,15H2,1-3H3,(H,29,33)(H,30,35). The summed E-state index contributed by atoms with van der Waals surface area (Å²) >= 11 is 1.18. The molecule has 0 unspecified atom stereocenters. The second kappa shape index (κ2) is 11.1. The molecule has 0 saturated heterocycles. The van der Waals surface area contributed by atoms with E-state index in [1.807, 2.05) is 6.07 Å². The van der Waals surface area contributed by atoms with E-state index in [-0.39, 0.29) is 17.3 Å². The fourth-order valence-electron chi connectivity index (χ4n) is 3.40. The van der Waals surface area contributed by atoms with Gasteiger partial charge in [-0.25, -0.2) is 9.40 Å². The van der Waals surface area contributed by atoms with E-state index < -0.39 is 24.1 Å². The topological polar surface area (TPSA) is 104 Å². The third kappa shape index (κ3) is 6.26. The number of para-hydroxylation sites is 1. The highest BCUT2D eigenvalue weighted by Gasteiger charge is 2.18. The molecule has 0 fully saturated rings. The Morgan fingerprint density at radius 3 is 2.46 bits per heavy atom. The molecule has 0 spiro atoms. The molecule has 4 rings (SSSR count). The molecule has 0 radical (unpaired) electrons. The Labute approximate surface area is 216 Å². The average Bonchev–Trinajstić information content (AvgIpc) is 3.31. The predicted molar refractivity (Wildman–Crippen MR) is 140 cm³/mol. The van der Waals surface area contributed by atoms with Crippen molar-refractivity contribution in [3.05, 3.63) is 77.6 Å². The third-order valence-electron chi connectivity index (χ3n) is 5.19. The molecule has 2 aromatic heterocycles. The number of thiophene rings is 1. The van der Waals surface area contributed by atoms with E-state index in [1.165, 1.54) is 39.6 Å². The summed E-state index contributed by atoms with van der Waals surface area (Å²) in [5.41, 5.74) is 4.05. The smallest absolute Gasteiger partial charge is 0.275 e. The number of fused-ring (bicyclic) bond motifs is 1. The highest BCUT2D eigenvalue weighted by atomic mass is 32.1. The van der Waals surface area contributed by atoms with Gasteiger partial charge in [0.05, 0.1) is 15.1 Å². The summed E-state index contributed by atoms with van der Waals surface area (Å²) in [6, 6.07) is 16.1. The minimum Gasteiger partial charge on any atom is -0.453 e. The SMILES string of the molecule is CN(C)NC(=O)c1cc2nccc(Oc3ccc(NC(=O)CC(=O)N(C)c4ccccc4)cc3F)c2s1. The number of halogens is 1. The number of nitrogens with one attached hydrogen (secondary N) is 2. The van der Waals surface area contributed by atoms with Crippen LogP contribution in [0.4, 0.5) is 15.8 Å². The van der Waals surface area contributed by atoms with Gasteiger partial charge in [0.1, 0.15) is 12.2 Å². The highest BCUT2D eigenvalue weighted by Crippen LogP contribution is 2.36. The molecular formula is C26H24FN5O4S. The molecule has 0 aliphatic heterocycles. The quantitative estimate of drug-likeness (QED) is 0.263. The summed E-state index contributed by atoms with van der Waals surface area (Å²) in [6.07, 6.45) is 1.11. The zero-order valence-electron chi connectivity index (χ0n) is 20.3. The van der Waals surface area contributed by atoms with Crippen molar-refractivity contribution in [1.82, 2.24) is 15.4 Å². The van der Waals surface area contributed by atoms with Crippen LogP contribution in [0.1, 0.15) is 16.1 Å². The first-order chi connectivity index (χ1) is 17.7. The first-order valence-corrected chi connectivity index (χ1v) is 12.0. The maximum atomic E-state index is 14.8. The average molecular weight is 522 g/mol. The number of ether oxygens (including phenoxy) is 1. The lowest BCUT2D eigenvalue weighted by Crippen LogP contribution is -2.35. The van der Waals surface area contributed by atoms with Crippen LogP contribution in [0.25, 0.3) is 10.2 Å². The lowest BCUT2D eigenvalue weighted by Gasteiger charge is -2.17.